The summed E-state index contributed by atoms with van der Waals surface area (Å²) in [5.41, 5.74) is -0.167. The van der Waals surface area contributed by atoms with Gasteiger partial charge in [0.05, 0.1) is 6.54 Å². The fourth-order valence-corrected chi connectivity index (χ4v) is 1.56. The average molecular weight is 281 g/mol. The van der Waals surface area contributed by atoms with Gasteiger partial charge in [-0.3, -0.25) is 4.79 Å². The van der Waals surface area contributed by atoms with E-state index in [1.54, 1.807) is 0 Å². The van der Waals surface area contributed by atoms with E-state index in [1.807, 2.05) is 32.0 Å². The Hall–Kier alpha value is -2.08. The maximum atomic E-state index is 11.6. The summed E-state index contributed by atoms with van der Waals surface area (Å²) in [5.74, 6) is -1.25. The third kappa shape index (κ3) is 4.24. The molecule has 0 spiro atoms. The van der Waals surface area contributed by atoms with Crippen molar-refractivity contribution in [2.45, 2.75) is 26.4 Å². The summed E-state index contributed by atoms with van der Waals surface area (Å²) in [6, 6.07) is 5.63. The number of amides is 1. The molecule has 110 valence electrons. The van der Waals surface area contributed by atoms with E-state index >= 15 is 0 Å². The lowest BCUT2D eigenvalue weighted by atomic mass is 10.1. The number of benzene rings is 1. The first kappa shape index (κ1) is 16.0. The molecule has 1 rings (SSSR count). The summed E-state index contributed by atoms with van der Waals surface area (Å²) >= 11 is 0. The zero-order valence-electron chi connectivity index (χ0n) is 11.8. The molecule has 1 aromatic carbocycles. The second kappa shape index (κ2) is 6.38. The van der Waals surface area contributed by atoms with Gasteiger partial charge in [0.15, 0.2) is 12.2 Å². The van der Waals surface area contributed by atoms with E-state index in [0.717, 1.165) is 18.1 Å². The minimum absolute atomic E-state index is 0.235. The number of para-hydroxylation sites is 1. The first-order valence-electron chi connectivity index (χ1n) is 6.15. The van der Waals surface area contributed by atoms with Crippen LogP contribution in [0.25, 0.3) is 0 Å². The van der Waals surface area contributed by atoms with Gasteiger partial charge in [-0.1, -0.05) is 18.2 Å². The predicted octanol–water partition coefficient (Wildman–Crippen LogP) is 0.634. The molecular weight excluding hydrogens is 262 g/mol. The number of carboxylic acid groups (broad SMARTS) is 1. The molecule has 0 aliphatic rings. The number of carbonyl (C=O) groups excluding carboxylic acids is 1. The Kier molecular flexibility index (Phi) is 5.10. The highest BCUT2D eigenvalue weighted by Crippen LogP contribution is 2.21. The van der Waals surface area contributed by atoms with Gasteiger partial charge in [0, 0.05) is 0 Å². The van der Waals surface area contributed by atoms with Crippen molar-refractivity contribution in [3.05, 3.63) is 29.3 Å². The van der Waals surface area contributed by atoms with Crippen LogP contribution in [-0.4, -0.2) is 40.8 Å². The Morgan fingerprint density at radius 3 is 2.35 bits per heavy atom. The standard InChI is InChI=1S/C14H19NO5/c1-9-5-4-6-10(2)12(9)20-7-11(16)15-8-14(3,19)13(17)18/h4-6,19H,7-8H2,1-3H3,(H,15,16)(H,17,18). The van der Waals surface area contributed by atoms with Gasteiger partial charge in [0.25, 0.3) is 5.91 Å². The van der Waals surface area contributed by atoms with Crippen molar-refractivity contribution in [1.82, 2.24) is 5.32 Å². The van der Waals surface area contributed by atoms with Gasteiger partial charge in [-0.05, 0) is 31.9 Å². The van der Waals surface area contributed by atoms with Crippen LogP contribution in [0.4, 0.5) is 0 Å². The lowest BCUT2D eigenvalue weighted by molar-refractivity contribution is -0.156. The van der Waals surface area contributed by atoms with Gasteiger partial charge >= 0.3 is 5.97 Å². The number of carbonyl (C=O) groups is 2. The number of hydrogen-bond acceptors (Lipinski definition) is 4. The van der Waals surface area contributed by atoms with Gasteiger partial charge in [-0.15, -0.1) is 0 Å². The number of nitrogens with one attached hydrogen (secondary N) is 1. The van der Waals surface area contributed by atoms with Crippen LogP contribution in [-0.2, 0) is 9.59 Å². The Balaban J connectivity index is 2.51. The van der Waals surface area contributed by atoms with E-state index < -0.39 is 17.5 Å². The number of ether oxygens (including phenoxy) is 1. The van der Waals surface area contributed by atoms with Crippen LogP contribution in [0.2, 0.25) is 0 Å². The minimum atomic E-state index is -1.99. The predicted molar refractivity (Wildman–Crippen MR) is 72.7 cm³/mol. The van der Waals surface area contributed by atoms with Crippen LogP contribution >= 0.6 is 0 Å². The molecule has 0 bridgehead atoms. The van der Waals surface area contributed by atoms with Crippen molar-refractivity contribution in [3.63, 3.8) is 0 Å². The van der Waals surface area contributed by atoms with Crippen LogP contribution in [0, 0.1) is 13.8 Å². The molecule has 0 heterocycles. The van der Waals surface area contributed by atoms with Crippen molar-refractivity contribution < 1.29 is 24.5 Å². The number of carboxylic acids is 1. The Morgan fingerprint density at radius 2 is 1.85 bits per heavy atom. The fraction of sp³-hybridized carbons (Fsp3) is 0.429. The molecule has 1 unspecified atom stereocenters. The summed E-state index contributed by atoms with van der Waals surface area (Å²) in [6.45, 7) is 4.24. The third-order valence-electron chi connectivity index (χ3n) is 2.85. The van der Waals surface area contributed by atoms with Crippen LogP contribution in [0.1, 0.15) is 18.1 Å². The van der Waals surface area contributed by atoms with Gasteiger partial charge in [-0.2, -0.15) is 0 Å². The molecule has 6 heteroatoms. The summed E-state index contributed by atoms with van der Waals surface area (Å²) in [6.07, 6.45) is 0. The average Bonchev–Trinajstić information content (AvgIpc) is 2.35. The second-order valence-corrected chi connectivity index (χ2v) is 4.87. The summed E-state index contributed by atoms with van der Waals surface area (Å²) in [5, 5.41) is 20.5. The van der Waals surface area contributed by atoms with E-state index in [1.165, 1.54) is 0 Å². The maximum absolute atomic E-state index is 11.6. The zero-order valence-corrected chi connectivity index (χ0v) is 11.8. The van der Waals surface area contributed by atoms with Gasteiger partial charge in [0.1, 0.15) is 5.75 Å². The smallest absolute Gasteiger partial charge is 0.337 e. The first-order chi connectivity index (χ1) is 9.24. The summed E-state index contributed by atoms with van der Waals surface area (Å²) in [4.78, 5) is 22.2. The fourth-order valence-electron chi connectivity index (χ4n) is 1.56. The van der Waals surface area contributed by atoms with E-state index in [-0.39, 0.29) is 13.2 Å². The molecule has 0 aliphatic carbocycles. The molecule has 0 aliphatic heterocycles. The Bertz CT molecular complexity index is 490. The molecule has 1 atom stereocenters. The van der Waals surface area contributed by atoms with E-state index in [0.29, 0.717) is 5.75 Å². The van der Waals surface area contributed by atoms with Crippen molar-refractivity contribution in [3.8, 4) is 5.75 Å². The molecule has 0 radical (unpaired) electrons. The lowest BCUT2D eigenvalue weighted by Crippen LogP contribution is -2.47. The molecule has 6 nitrogen and oxygen atoms in total. The number of aryl methyl sites for hydroxylation is 2. The maximum Gasteiger partial charge on any atom is 0.337 e. The SMILES string of the molecule is Cc1cccc(C)c1OCC(=O)NCC(C)(O)C(=O)O. The Labute approximate surface area is 117 Å². The lowest BCUT2D eigenvalue weighted by Gasteiger charge is -2.18. The van der Waals surface area contributed by atoms with Crippen LogP contribution < -0.4 is 10.1 Å². The molecule has 20 heavy (non-hydrogen) atoms. The largest absolute Gasteiger partial charge is 0.483 e. The monoisotopic (exact) mass is 281 g/mol. The highest BCUT2D eigenvalue weighted by molar-refractivity contribution is 5.81. The van der Waals surface area contributed by atoms with Crippen LogP contribution in [0.3, 0.4) is 0 Å². The second-order valence-electron chi connectivity index (χ2n) is 4.87. The van der Waals surface area contributed by atoms with Crippen molar-refractivity contribution in [2.75, 3.05) is 13.2 Å². The molecule has 0 saturated heterocycles. The molecule has 0 saturated carbocycles. The van der Waals surface area contributed by atoms with E-state index in [2.05, 4.69) is 5.32 Å². The molecular formula is C14H19NO5. The molecule has 1 amide bonds. The van der Waals surface area contributed by atoms with Crippen LogP contribution in [0.15, 0.2) is 18.2 Å². The van der Waals surface area contributed by atoms with Gasteiger partial charge in [-0.25, -0.2) is 4.79 Å². The number of rotatable bonds is 6. The third-order valence-corrected chi connectivity index (χ3v) is 2.85. The number of aliphatic carboxylic acids is 1. The number of hydrogen-bond donors (Lipinski definition) is 3. The number of aliphatic hydroxyl groups is 1. The van der Waals surface area contributed by atoms with Crippen molar-refractivity contribution in [2.24, 2.45) is 0 Å². The highest BCUT2D eigenvalue weighted by atomic mass is 16.5. The van der Waals surface area contributed by atoms with Crippen molar-refractivity contribution >= 4 is 11.9 Å². The zero-order chi connectivity index (χ0) is 15.3. The molecule has 0 fully saturated rings. The minimum Gasteiger partial charge on any atom is -0.483 e. The molecule has 1 aromatic rings. The van der Waals surface area contributed by atoms with E-state index in [4.69, 9.17) is 9.84 Å². The van der Waals surface area contributed by atoms with E-state index in [9.17, 15) is 14.7 Å². The van der Waals surface area contributed by atoms with Crippen molar-refractivity contribution in [1.29, 1.82) is 0 Å². The highest BCUT2D eigenvalue weighted by Gasteiger charge is 2.30. The molecule has 3 N–H and O–H groups in total. The Morgan fingerprint density at radius 1 is 1.30 bits per heavy atom. The summed E-state index contributed by atoms with van der Waals surface area (Å²) in [7, 11) is 0. The quantitative estimate of drug-likeness (QED) is 0.711. The van der Waals surface area contributed by atoms with Gasteiger partial charge < -0.3 is 20.3 Å². The topological polar surface area (TPSA) is 95.9 Å². The van der Waals surface area contributed by atoms with Gasteiger partial charge in [0.2, 0.25) is 0 Å². The summed E-state index contributed by atoms with van der Waals surface area (Å²) < 4.78 is 5.41. The molecule has 0 aromatic heterocycles. The van der Waals surface area contributed by atoms with Crippen LogP contribution in [0.5, 0.6) is 5.75 Å². The first-order valence-corrected chi connectivity index (χ1v) is 6.15. The normalized spacial score (nSPS) is 13.4.